The molecular weight excluding hydrogens is 316 g/mol. The second-order valence-corrected chi connectivity index (χ2v) is 6.09. The smallest absolute Gasteiger partial charge is 0.254 e. The number of hydrogen-bond donors (Lipinski definition) is 1. The zero-order valence-corrected chi connectivity index (χ0v) is 14.5. The highest BCUT2D eigenvalue weighted by Gasteiger charge is 2.17. The minimum Gasteiger partial charge on any atom is -0.342 e. The average molecular weight is 336 g/mol. The Hall–Kier alpha value is -3.02. The van der Waals surface area contributed by atoms with Crippen molar-refractivity contribution in [1.29, 1.82) is 0 Å². The summed E-state index contributed by atoms with van der Waals surface area (Å²) < 4.78 is 0. The molecule has 0 spiro atoms. The molecule has 2 heterocycles. The number of aromatic amines is 1. The fraction of sp³-hybridized carbons (Fsp3) is 0.263. The third-order valence-electron chi connectivity index (χ3n) is 4.23. The third kappa shape index (κ3) is 3.42. The summed E-state index contributed by atoms with van der Waals surface area (Å²) in [6.07, 6.45) is 3.95. The topological polar surface area (TPSA) is 77.9 Å². The number of H-pyrrole nitrogens is 1. The SMILES string of the molecule is CC(=O)c1c(C)[nH]c(N=Nc2cccc(C(=O)N3CC=CC3)c2)c1C. The van der Waals surface area contributed by atoms with Gasteiger partial charge in [-0.25, -0.2) is 0 Å². The van der Waals surface area contributed by atoms with Crippen LogP contribution in [0.3, 0.4) is 0 Å². The molecule has 1 aromatic heterocycles. The van der Waals surface area contributed by atoms with Crippen LogP contribution in [-0.2, 0) is 0 Å². The van der Waals surface area contributed by atoms with E-state index in [4.69, 9.17) is 0 Å². The van der Waals surface area contributed by atoms with E-state index in [0.717, 1.165) is 11.3 Å². The molecule has 0 radical (unpaired) electrons. The first kappa shape index (κ1) is 16.8. The van der Waals surface area contributed by atoms with Crippen molar-refractivity contribution in [3.05, 3.63) is 58.8 Å². The lowest BCUT2D eigenvalue weighted by Crippen LogP contribution is -2.28. The number of aryl methyl sites for hydroxylation is 1. The number of carbonyl (C=O) groups is 2. The summed E-state index contributed by atoms with van der Waals surface area (Å²) in [5, 5.41) is 8.43. The number of Topliss-reactive ketones (excluding diaryl/α,β-unsaturated/α-hetero) is 1. The van der Waals surface area contributed by atoms with Gasteiger partial charge < -0.3 is 9.88 Å². The van der Waals surface area contributed by atoms with Gasteiger partial charge in [0.05, 0.1) is 5.69 Å². The number of nitrogens with zero attached hydrogens (tertiary/aromatic N) is 3. The van der Waals surface area contributed by atoms with Crippen molar-refractivity contribution < 1.29 is 9.59 Å². The van der Waals surface area contributed by atoms with E-state index in [2.05, 4.69) is 15.2 Å². The second-order valence-electron chi connectivity index (χ2n) is 6.09. The predicted molar refractivity (Wildman–Crippen MR) is 95.9 cm³/mol. The van der Waals surface area contributed by atoms with E-state index in [-0.39, 0.29) is 11.7 Å². The Kier molecular flexibility index (Phi) is 4.61. The van der Waals surface area contributed by atoms with E-state index in [1.807, 2.05) is 26.0 Å². The lowest BCUT2D eigenvalue weighted by atomic mass is 10.1. The molecule has 0 unspecified atom stereocenters. The zero-order chi connectivity index (χ0) is 18.0. The molecule has 0 fully saturated rings. The van der Waals surface area contributed by atoms with Crippen LogP contribution in [0.2, 0.25) is 0 Å². The van der Waals surface area contributed by atoms with Gasteiger partial charge in [0.2, 0.25) is 0 Å². The maximum Gasteiger partial charge on any atom is 0.254 e. The normalized spacial score (nSPS) is 13.8. The summed E-state index contributed by atoms with van der Waals surface area (Å²) in [6.45, 7) is 6.49. The first-order valence-electron chi connectivity index (χ1n) is 8.13. The van der Waals surface area contributed by atoms with Crippen LogP contribution in [0.25, 0.3) is 0 Å². The van der Waals surface area contributed by atoms with Gasteiger partial charge in [-0.2, -0.15) is 0 Å². The Bertz CT molecular complexity index is 885. The number of ketones is 1. The molecule has 1 aliphatic rings. The molecule has 0 aliphatic carbocycles. The lowest BCUT2D eigenvalue weighted by molar-refractivity contribution is 0.0800. The van der Waals surface area contributed by atoms with Gasteiger partial charge in [-0.15, -0.1) is 10.2 Å². The first-order chi connectivity index (χ1) is 12.0. The van der Waals surface area contributed by atoms with E-state index in [1.54, 1.807) is 29.2 Å². The number of azo groups is 1. The maximum atomic E-state index is 12.4. The molecule has 1 amide bonds. The van der Waals surface area contributed by atoms with Gasteiger partial charge in [-0.3, -0.25) is 9.59 Å². The van der Waals surface area contributed by atoms with Crippen LogP contribution >= 0.6 is 0 Å². The van der Waals surface area contributed by atoms with Crippen molar-refractivity contribution >= 4 is 23.2 Å². The van der Waals surface area contributed by atoms with Crippen LogP contribution in [0.4, 0.5) is 11.5 Å². The summed E-state index contributed by atoms with van der Waals surface area (Å²) in [5.74, 6) is 0.538. The zero-order valence-electron chi connectivity index (χ0n) is 14.5. The van der Waals surface area contributed by atoms with Crippen molar-refractivity contribution in [2.24, 2.45) is 10.2 Å². The van der Waals surface area contributed by atoms with Crippen molar-refractivity contribution in [1.82, 2.24) is 9.88 Å². The molecule has 1 aromatic carbocycles. The molecule has 2 aromatic rings. The van der Waals surface area contributed by atoms with Crippen molar-refractivity contribution in [3.8, 4) is 0 Å². The van der Waals surface area contributed by atoms with E-state index in [1.165, 1.54) is 6.92 Å². The molecule has 0 saturated heterocycles. The van der Waals surface area contributed by atoms with E-state index >= 15 is 0 Å². The Morgan fingerprint density at radius 3 is 2.48 bits per heavy atom. The van der Waals surface area contributed by atoms with Gasteiger partial charge in [-0.1, -0.05) is 18.2 Å². The van der Waals surface area contributed by atoms with E-state index < -0.39 is 0 Å². The Morgan fingerprint density at radius 2 is 1.84 bits per heavy atom. The molecule has 1 N–H and O–H groups in total. The fourth-order valence-electron chi connectivity index (χ4n) is 3.00. The van der Waals surface area contributed by atoms with Gasteiger partial charge in [0.1, 0.15) is 0 Å². The first-order valence-corrected chi connectivity index (χ1v) is 8.13. The summed E-state index contributed by atoms with van der Waals surface area (Å²) in [6, 6.07) is 7.08. The summed E-state index contributed by atoms with van der Waals surface area (Å²) in [7, 11) is 0. The van der Waals surface area contributed by atoms with Crippen LogP contribution in [0.15, 0.2) is 46.6 Å². The third-order valence-corrected chi connectivity index (χ3v) is 4.23. The number of nitrogens with one attached hydrogen (secondary N) is 1. The van der Waals surface area contributed by atoms with Crippen molar-refractivity contribution in [3.63, 3.8) is 0 Å². The largest absolute Gasteiger partial charge is 0.342 e. The summed E-state index contributed by atoms with van der Waals surface area (Å²) in [5.41, 5.74) is 3.39. The Balaban J connectivity index is 1.83. The standard InChI is InChI=1S/C19H20N4O2/c1-12-17(14(3)24)13(2)20-18(12)22-21-16-8-6-7-15(11-16)19(25)23-9-4-5-10-23/h4-8,11,20H,9-10H2,1-3H3. The number of amides is 1. The van der Waals surface area contributed by atoms with Gasteiger partial charge >= 0.3 is 0 Å². The number of hydrogen-bond acceptors (Lipinski definition) is 4. The monoisotopic (exact) mass is 336 g/mol. The molecule has 0 atom stereocenters. The number of benzene rings is 1. The molecule has 1 aliphatic heterocycles. The second kappa shape index (κ2) is 6.84. The minimum absolute atomic E-state index is 0.000448. The van der Waals surface area contributed by atoms with Crippen LogP contribution in [0, 0.1) is 13.8 Å². The Morgan fingerprint density at radius 1 is 1.12 bits per heavy atom. The summed E-state index contributed by atoms with van der Waals surface area (Å²) in [4.78, 5) is 28.9. The average Bonchev–Trinajstić information content (AvgIpc) is 3.21. The molecule has 128 valence electrons. The molecule has 0 bridgehead atoms. The predicted octanol–water partition coefficient (Wildman–Crippen LogP) is 4.26. The van der Waals surface area contributed by atoms with Gasteiger partial charge in [-0.05, 0) is 39.0 Å². The molecule has 3 rings (SSSR count). The number of rotatable bonds is 4. The van der Waals surface area contributed by atoms with Crippen molar-refractivity contribution in [2.75, 3.05) is 13.1 Å². The van der Waals surface area contributed by atoms with Crippen LogP contribution < -0.4 is 0 Å². The van der Waals surface area contributed by atoms with E-state index in [0.29, 0.717) is 35.7 Å². The van der Waals surface area contributed by atoms with Gasteiger partial charge in [0.15, 0.2) is 11.6 Å². The number of aromatic nitrogens is 1. The molecular formula is C19H20N4O2. The lowest BCUT2D eigenvalue weighted by Gasteiger charge is -2.15. The molecule has 6 heteroatoms. The highest BCUT2D eigenvalue weighted by atomic mass is 16.2. The molecule has 6 nitrogen and oxygen atoms in total. The fourth-order valence-corrected chi connectivity index (χ4v) is 3.00. The van der Waals surface area contributed by atoms with Gasteiger partial charge in [0.25, 0.3) is 5.91 Å². The van der Waals surface area contributed by atoms with Crippen molar-refractivity contribution in [2.45, 2.75) is 20.8 Å². The highest BCUT2D eigenvalue weighted by Crippen LogP contribution is 2.27. The number of carbonyl (C=O) groups excluding carboxylic acids is 2. The van der Waals surface area contributed by atoms with E-state index in [9.17, 15) is 9.59 Å². The van der Waals surface area contributed by atoms with Crippen LogP contribution in [-0.4, -0.2) is 34.7 Å². The van der Waals surface area contributed by atoms with Gasteiger partial charge in [0, 0.05) is 35.5 Å². The maximum absolute atomic E-state index is 12.4. The minimum atomic E-state index is -0.0205. The Labute approximate surface area is 146 Å². The summed E-state index contributed by atoms with van der Waals surface area (Å²) >= 11 is 0. The quantitative estimate of drug-likeness (QED) is 0.514. The molecule has 0 saturated carbocycles. The highest BCUT2D eigenvalue weighted by molar-refractivity contribution is 5.98. The van der Waals surface area contributed by atoms with Crippen LogP contribution in [0.1, 0.15) is 38.9 Å². The van der Waals surface area contributed by atoms with Crippen LogP contribution in [0.5, 0.6) is 0 Å². The molecule has 25 heavy (non-hydrogen) atoms.